The summed E-state index contributed by atoms with van der Waals surface area (Å²) >= 11 is 0. The van der Waals surface area contributed by atoms with Crippen LogP contribution in [0.2, 0.25) is 0 Å². The Morgan fingerprint density at radius 2 is 1.63 bits per heavy atom. The highest BCUT2D eigenvalue weighted by molar-refractivity contribution is 7.92. The maximum atomic E-state index is 13.8. The highest BCUT2D eigenvalue weighted by atomic mass is 32.2. The molecule has 0 fully saturated rings. The third kappa shape index (κ3) is 4.24. The van der Waals surface area contributed by atoms with Crippen molar-refractivity contribution in [2.45, 2.75) is 24.5 Å². The van der Waals surface area contributed by atoms with Crippen molar-refractivity contribution in [3.8, 4) is 0 Å². The topological polar surface area (TPSA) is 46.2 Å². The molecule has 0 atom stereocenters. The summed E-state index contributed by atoms with van der Waals surface area (Å²) in [4.78, 5) is 0. The predicted octanol–water partition coefficient (Wildman–Crippen LogP) is 2.19. The van der Waals surface area contributed by atoms with E-state index in [1.807, 2.05) is 0 Å². The van der Waals surface area contributed by atoms with Crippen molar-refractivity contribution in [1.82, 2.24) is 5.32 Å². The Balaban J connectivity index is 2.63. The van der Waals surface area contributed by atoms with Crippen LogP contribution in [0.3, 0.4) is 0 Å². The zero-order valence-electron chi connectivity index (χ0n) is 11.3. The van der Waals surface area contributed by atoms with Gasteiger partial charge in [0.15, 0.2) is 9.84 Å². The van der Waals surface area contributed by atoms with Gasteiger partial charge in [-0.3, -0.25) is 0 Å². The van der Waals surface area contributed by atoms with Crippen molar-refractivity contribution >= 4 is 9.84 Å². The molecule has 0 aliphatic heterocycles. The number of hydrogen-bond acceptors (Lipinski definition) is 3. The second kappa shape index (κ2) is 5.54. The Bertz CT molecular complexity index is 513. The standard InChI is InChI=1S/C13H19F2NO2S/c1-12(2,19(3,17)18)9-16-10-13(14,15)11-7-5-4-6-8-11/h4-8,16H,9-10H2,1-3H3. The Hall–Kier alpha value is -1.01. The molecular weight excluding hydrogens is 272 g/mol. The molecule has 3 nitrogen and oxygen atoms in total. The molecule has 0 aliphatic rings. The second-order valence-electron chi connectivity index (χ2n) is 5.21. The Labute approximate surface area is 112 Å². The summed E-state index contributed by atoms with van der Waals surface area (Å²) < 4.78 is 49.5. The van der Waals surface area contributed by atoms with Crippen molar-refractivity contribution in [3.05, 3.63) is 35.9 Å². The van der Waals surface area contributed by atoms with E-state index >= 15 is 0 Å². The summed E-state index contributed by atoms with van der Waals surface area (Å²) in [6.45, 7) is 2.41. The van der Waals surface area contributed by atoms with Crippen LogP contribution in [-0.2, 0) is 15.8 Å². The van der Waals surface area contributed by atoms with E-state index in [0.29, 0.717) is 0 Å². The van der Waals surface area contributed by atoms with Crippen molar-refractivity contribution in [1.29, 1.82) is 0 Å². The Morgan fingerprint density at radius 3 is 2.11 bits per heavy atom. The van der Waals surface area contributed by atoms with Crippen LogP contribution >= 0.6 is 0 Å². The molecule has 6 heteroatoms. The molecule has 1 rings (SSSR count). The molecule has 0 bridgehead atoms. The van der Waals surface area contributed by atoms with Crippen molar-refractivity contribution in [2.24, 2.45) is 0 Å². The van der Waals surface area contributed by atoms with Gasteiger partial charge in [0, 0.05) is 18.4 Å². The molecule has 108 valence electrons. The number of nitrogens with one attached hydrogen (secondary N) is 1. The molecule has 0 amide bonds. The molecule has 0 aromatic heterocycles. The predicted molar refractivity (Wildman–Crippen MR) is 72.1 cm³/mol. The van der Waals surface area contributed by atoms with E-state index in [4.69, 9.17) is 0 Å². The lowest BCUT2D eigenvalue weighted by Crippen LogP contribution is -2.44. The molecule has 1 aromatic carbocycles. The third-order valence-corrected chi connectivity index (χ3v) is 5.25. The minimum absolute atomic E-state index is 0.0196. The monoisotopic (exact) mass is 291 g/mol. The molecule has 0 aliphatic carbocycles. The molecule has 0 saturated heterocycles. The minimum atomic E-state index is -3.29. The van der Waals surface area contributed by atoms with Crippen LogP contribution in [-0.4, -0.2) is 32.5 Å². The van der Waals surface area contributed by atoms with Gasteiger partial charge >= 0.3 is 0 Å². The van der Waals surface area contributed by atoms with E-state index < -0.39 is 27.1 Å². The number of alkyl halides is 2. The van der Waals surface area contributed by atoms with E-state index in [-0.39, 0.29) is 12.1 Å². The summed E-state index contributed by atoms with van der Waals surface area (Å²) in [6, 6.07) is 7.46. The normalized spacial score (nSPS) is 13.5. The number of hydrogen-bond donors (Lipinski definition) is 1. The first-order valence-corrected chi connectivity index (χ1v) is 7.79. The number of benzene rings is 1. The summed E-state index contributed by atoms with van der Waals surface area (Å²) in [7, 11) is -3.29. The first kappa shape index (κ1) is 16.0. The SMILES string of the molecule is CC(C)(CNCC(F)(F)c1ccccc1)S(C)(=O)=O. The maximum Gasteiger partial charge on any atom is 0.285 e. The number of rotatable bonds is 6. The second-order valence-corrected chi connectivity index (χ2v) is 7.86. The minimum Gasteiger partial charge on any atom is -0.309 e. The van der Waals surface area contributed by atoms with E-state index in [2.05, 4.69) is 5.32 Å². The van der Waals surface area contributed by atoms with Crippen molar-refractivity contribution in [3.63, 3.8) is 0 Å². The smallest absolute Gasteiger partial charge is 0.285 e. The van der Waals surface area contributed by atoms with Gasteiger partial charge < -0.3 is 5.32 Å². The average molecular weight is 291 g/mol. The molecule has 19 heavy (non-hydrogen) atoms. The van der Waals surface area contributed by atoms with E-state index in [9.17, 15) is 17.2 Å². The van der Waals surface area contributed by atoms with Gasteiger partial charge in [-0.05, 0) is 13.8 Å². The van der Waals surface area contributed by atoms with Gasteiger partial charge in [-0.1, -0.05) is 30.3 Å². The Morgan fingerprint density at radius 1 is 1.11 bits per heavy atom. The van der Waals surface area contributed by atoms with Gasteiger partial charge in [-0.25, -0.2) is 8.42 Å². The quantitative estimate of drug-likeness (QED) is 0.874. The van der Waals surface area contributed by atoms with Crippen LogP contribution < -0.4 is 5.32 Å². The molecular formula is C13H19F2NO2S. The maximum absolute atomic E-state index is 13.8. The van der Waals surface area contributed by atoms with Gasteiger partial charge in [0.05, 0.1) is 11.3 Å². The van der Waals surface area contributed by atoms with Crippen LogP contribution in [0.4, 0.5) is 8.78 Å². The Kier molecular flexibility index (Phi) is 4.68. The average Bonchev–Trinajstić information content (AvgIpc) is 2.28. The molecule has 0 spiro atoms. The van der Waals surface area contributed by atoms with E-state index in [1.54, 1.807) is 18.2 Å². The van der Waals surface area contributed by atoms with Gasteiger partial charge in [0.25, 0.3) is 5.92 Å². The van der Waals surface area contributed by atoms with Gasteiger partial charge in [-0.15, -0.1) is 0 Å². The highest BCUT2D eigenvalue weighted by Crippen LogP contribution is 2.26. The number of sulfone groups is 1. The third-order valence-electron chi connectivity index (χ3n) is 3.10. The van der Waals surface area contributed by atoms with E-state index in [0.717, 1.165) is 6.26 Å². The summed E-state index contributed by atoms with van der Waals surface area (Å²) in [5.41, 5.74) is -0.0836. The zero-order valence-corrected chi connectivity index (χ0v) is 12.1. The number of halogens is 2. The van der Waals surface area contributed by atoms with E-state index in [1.165, 1.54) is 26.0 Å². The lowest BCUT2D eigenvalue weighted by Gasteiger charge is -2.25. The first-order chi connectivity index (χ1) is 8.56. The fourth-order valence-corrected chi connectivity index (χ4v) is 1.80. The van der Waals surface area contributed by atoms with Crippen LogP contribution in [0.1, 0.15) is 19.4 Å². The first-order valence-electron chi connectivity index (χ1n) is 5.90. The van der Waals surface area contributed by atoms with Crippen molar-refractivity contribution in [2.75, 3.05) is 19.3 Å². The van der Waals surface area contributed by atoms with Crippen LogP contribution in [0.15, 0.2) is 30.3 Å². The lowest BCUT2D eigenvalue weighted by molar-refractivity contribution is -0.00333. The largest absolute Gasteiger partial charge is 0.309 e. The van der Waals surface area contributed by atoms with Gasteiger partial charge in [-0.2, -0.15) is 8.78 Å². The van der Waals surface area contributed by atoms with Crippen molar-refractivity contribution < 1.29 is 17.2 Å². The lowest BCUT2D eigenvalue weighted by atomic mass is 10.1. The van der Waals surface area contributed by atoms with Gasteiger partial charge in [0.2, 0.25) is 0 Å². The molecule has 0 saturated carbocycles. The summed E-state index contributed by atoms with van der Waals surface area (Å²) in [5, 5.41) is 2.54. The zero-order chi connectivity index (χ0) is 14.7. The molecule has 1 aromatic rings. The molecule has 0 unspecified atom stereocenters. The van der Waals surface area contributed by atoms with Crippen LogP contribution in [0.5, 0.6) is 0 Å². The van der Waals surface area contributed by atoms with Gasteiger partial charge in [0.1, 0.15) is 0 Å². The molecule has 0 heterocycles. The fourth-order valence-electron chi connectivity index (χ4n) is 1.44. The fraction of sp³-hybridized carbons (Fsp3) is 0.538. The molecule has 1 N–H and O–H groups in total. The van der Waals surface area contributed by atoms with Crippen LogP contribution in [0.25, 0.3) is 0 Å². The summed E-state index contributed by atoms with van der Waals surface area (Å²) in [6.07, 6.45) is 1.10. The molecule has 0 radical (unpaired) electrons. The summed E-state index contributed by atoms with van der Waals surface area (Å²) in [5.74, 6) is -3.02. The van der Waals surface area contributed by atoms with Crippen LogP contribution in [0, 0.1) is 0 Å². The highest BCUT2D eigenvalue weighted by Gasteiger charge is 2.34.